The molecule has 1 rings (SSSR count). The van der Waals surface area contributed by atoms with Crippen molar-refractivity contribution in [1.82, 2.24) is 4.72 Å². The van der Waals surface area contributed by atoms with Gasteiger partial charge in [-0.1, -0.05) is 37.0 Å². The Bertz CT molecular complexity index is 544. The zero-order chi connectivity index (χ0) is 14.6. The molecular formula is C12H17Cl2NO3S. The van der Waals surface area contributed by atoms with E-state index < -0.39 is 10.0 Å². The van der Waals surface area contributed by atoms with Gasteiger partial charge in [0, 0.05) is 6.54 Å². The predicted molar refractivity (Wildman–Crippen MR) is 77.7 cm³/mol. The summed E-state index contributed by atoms with van der Waals surface area (Å²) in [5.74, 6) is 0.755. The predicted octanol–water partition coefficient (Wildman–Crippen LogP) is 3.33. The van der Waals surface area contributed by atoms with Gasteiger partial charge in [-0.05, 0) is 24.5 Å². The van der Waals surface area contributed by atoms with Crippen LogP contribution < -0.4 is 9.46 Å². The molecule has 0 amide bonds. The summed E-state index contributed by atoms with van der Waals surface area (Å²) >= 11 is 11.9. The van der Waals surface area contributed by atoms with Crippen molar-refractivity contribution in [3.63, 3.8) is 0 Å². The SMILES string of the molecule is COc1ccc(S(=O)(=O)NCCC(C)C)c(Cl)c1Cl. The van der Waals surface area contributed by atoms with Crippen LogP contribution >= 0.6 is 23.2 Å². The molecule has 0 heterocycles. The number of halogens is 2. The topological polar surface area (TPSA) is 55.4 Å². The van der Waals surface area contributed by atoms with Crippen molar-refractivity contribution in [2.45, 2.75) is 25.2 Å². The number of rotatable bonds is 6. The van der Waals surface area contributed by atoms with Crippen molar-refractivity contribution in [2.24, 2.45) is 5.92 Å². The van der Waals surface area contributed by atoms with Gasteiger partial charge in [-0.15, -0.1) is 0 Å². The number of ether oxygens (including phenoxy) is 1. The highest BCUT2D eigenvalue weighted by atomic mass is 35.5. The first-order valence-electron chi connectivity index (χ1n) is 5.81. The summed E-state index contributed by atoms with van der Waals surface area (Å²) in [5.41, 5.74) is 0. The molecule has 1 N–H and O–H groups in total. The summed E-state index contributed by atoms with van der Waals surface area (Å²) in [6.45, 7) is 4.40. The van der Waals surface area contributed by atoms with E-state index in [1.54, 1.807) is 0 Å². The van der Waals surface area contributed by atoms with Crippen LogP contribution in [0, 0.1) is 5.92 Å². The Hall–Kier alpha value is -0.490. The van der Waals surface area contributed by atoms with Gasteiger partial charge >= 0.3 is 0 Å². The van der Waals surface area contributed by atoms with Crippen LogP contribution in [0.2, 0.25) is 10.0 Å². The Morgan fingerprint density at radius 1 is 1.26 bits per heavy atom. The Labute approximate surface area is 124 Å². The van der Waals surface area contributed by atoms with Gasteiger partial charge in [0.2, 0.25) is 10.0 Å². The van der Waals surface area contributed by atoms with Crippen molar-refractivity contribution < 1.29 is 13.2 Å². The lowest BCUT2D eigenvalue weighted by Crippen LogP contribution is -2.26. The molecule has 4 nitrogen and oxygen atoms in total. The van der Waals surface area contributed by atoms with Crippen LogP contribution in [0.1, 0.15) is 20.3 Å². The van der Waals surface area contributed by atoms with E-state index in [4.69, 9.17) is 27.9 Å². The second-order valence-corrected chi connectivity index (χ2v) is 6.97. The van der Waals surface area contributed by atoms with Crippen LogP contribution in [-0.4, -0.2) is 22.1 Å². The molecule has 19 heavy (non-hydrogen) atoms. The summed E-state index contributed by atoms with van der Waals surface area (Å²) in [6, 6.07) is 2.86. The molecule has 1 aromatic rings. The summed E-state index contributed by atoms with van der Waals surface area (Å²) in [4.78, 5) is -0.0382. The van der Waals surface area contributed by atoms with Crippen LogP contribution in [-0.2, 0) is 10.0 Å². The van der Waals surface area contributed by atoms with Gasteiger partial charge in [-0.3, -0.25) is 0 Å². The standard InChI is InChI=1S/C12H17Cl2NO3S/c1-8(2)6-7-15-19(16,17)10-5-4-9(18-3)11(13)12(10)14/h4-5,8,15H,6-7H2,1-3H3. The van der Waals surface area contributed by atoms with Gasteiger partial charge in [0.15, 0.2) is 0 Å². The molecule has 108 valence electrons. The second-order valence-electron chi connectivity index (χ2n) is 4.47. The second kappa shape index (κ2) is 6.79. The fourth-order valence-corrected chi connectivity index (χ4v) is 3.33. The monoisotopic (exact) mass is 325 g/mol. The van der Waals surface area contributed by atoms with Gasteiger partial charge in [0.1, 0.15) is 15.7 Å². The summed E-state index contributed by atoms with van der Waals surface area (Å²) in [5, 5.41) is 0.0639. The highest BCUT2D eigenvalue weighted by Crippen LogP contribution is 2.36. The van der Waals surface area contributed by atoms with Crippen LogP contribution in [0.5, 0.6) is 5.75 Å². The van der Waals surface area contributed by atoms with E-state index >= 15 is 0 Å². The molecule has 0 atom stereocenters. The number of hydrogen-bond acceptors (Lipinski definition) is 3. The van der Waals surface area contributed by atoms with Crippen LogP contribution in [0.3, 0.4) is 0 Å². The molecule has 0 aliphatic heterocycles. The fourth-order valence-electron chi connectivity index (χ4n) is 1.44. The van der Waals surface area contributed by atoms with Gasteiger partial charge in [-0.25, -0.2) is 13.1 Å². The number of nitrogens with one attached hydrogen (secondary N) is 1. The maximum absolute atomic E-state index is 12.1. The van der Waals surface area contributed by atoms with E-state index in [0.717, 1.165) is 6.42 Å². The summed E-state index contributed by atoms with van der Waals surface area (Å²) in [7, 11) is -2.22. The Morgan fingerprint density at radius 2 is 1.89 bits per heavy atom. The van der Waals surface area contributed by atoms with Gasteiger partial charge < -0.3 is 4.74 Å². The summed E-state index contributed by atoms with van der Waals surface area (Å²) in [6.07, 6.45) is 0.751. The van der Waals surface area contributed by atoms with E-state index in [9.17, 15) is 8.42 Å². The molecule has 0 fully saturated rings. The average Bonchev–Trinajstić information content (AvgIpc) is 2.31. The first kappa shape index (κ1) is 16.6. The van der Waals surface area contributed by atoms with Crippen molar-refractivity contribution in [1.29, 1.82) is 0 Å². The maximum atomic E-state index is 12.1. The lowest BCUT2D eigenvalue weighted by atomic mass is 10.1. The zero-order valence-corrected chi connectivity index (χ0v) is 13.4. The van der Waals surface area contributed by atoms with Crippen LogP contribution in [0.4, 0.5) is 0 Å². The summed E-state index contributed by atoms with van der Waals surface area (Å²) < 4.78 is 31.7. The normalized spacial score (nSPS) is 11.9. The average molecular weight is 326 g/mol. The Kier molecular flexibility index (Phi) is 5.92. The molecule has 0 unspecified atom stereocenters. The van der Waals surface area contributed by atoms with E-state index in [1.165, 1.54) is 19.2 Å². The van der Waals surface area contributed by atoms with Crippen molar-refractivity contribution in [3.8, 4) is 5.75 Å². The van der Waals surface area contributed by atoms with E-state index in [1.807, 2.05) is 13.8 Å². The molecule has 0 saturated heterocycles. The third kappa shape index (κ3) is 4.24. The van der Waals surface area contributed by atoms with Crippen molar-refractivity contribution in [3.05, 3.63) is 22.2 Å². The number of sulfonamides is 1. The molecule has 0 bridgehead atoms. The largest absolute Gasteiger partial charge is 0.495 e. The minimum Gasteiger partial charge on any atom is -0.495 e. The lowest BCUT2D eigenvalue weighted by Gasteiger charge is -2.12. The Morgan fingerprint density at radius 3 is 2.42 bits per heavy atom. The van der Waals surface area contributed by atoms with E-state index in [-0.39, 0.29) is 14.9 Å². The molecule has 0 aromatic heterocycles. The Balaban J connectivity index is 2.99. The highest BCUT2D eigenvalue weighted by molar-refractivity contribution is 7.89. The zero-order valence-electron chi connectivity index (χ0n) is 11.0. The van der Waals surface area contributed by atoms with Crippen molar-refractivity contribution in [2.75, 3.05) is 13.7 Å². The van der Waals surface area contributed by atoms with Crippen molar-refractivity contribution >= 4 is 33.2 Å². The third-order valence-electron chi connectivity index (χ3n) is 2.53. The van der Waals surface area contributed by atoms with Crippen LogP contribution in [0.25, 0.3) is 0 Å². The van der Waals surface area contributed by atoms with Gasteiger partial charge in [0.05, 0.1) is 12.1 Å². The molecule has 0 saturated carbocycles. The minimum absolute atomic E-state index is 0.0296. The molecule has 0 aliphatic rings. The first-order chi connectivity index (χ1) is 8.79. The maximum Gasteiger partial charge on any atom is 0.242 e. The lowest BCUT2D eigenvalue weighted by molar-refractivity contribution is 0.414. The fraction of sp³-hybridized carbons (Fsp3) is 0.500. The minimum atomic E-state index is -3.66. The van der Waals surface area contributed by atoms with Gasteiger partial charge in [0.25, 0.3) is 0 Å². The third-order valence-corrected chi connectivity index (χ3v) is 5.01. The molecule has 1 aromatic carbocycles. The van der Waals surface area contributed by atoms with E-state index in [2.05, 4.69) is 4.72 Å². The number of hydrogen-bond donors (Lipinski definition) is 1. The quantitative estimate of drug-likeness (QED) is 0.872. The molecule has 7 heteroatoms. The molecule has 0 radical (unpaired) electrons. The number of methoxy groups -OCH3 is 1. The first-order valence-corrected chi connectivity index (χ1v) is 8.05. The molecule has 0 spiro atoms. The molecular weight excluding hydrogens is 309 g/mol. The molecule has 0 aliphatic carbocycles. The number of benzene rings is 1. The van der Waals surface area contributed by atoms with Gasteiger partial charge in [-0.2, -0.15) is 0 Å². The highest BCUT2D eigenvalue weighted by Gasteiger charge is 2.21. The van der Waals surface area contributed by atoms with Crippen LogP contribution in [0.15, 0.2) is 17.0 Å². The van der Waals surface area contributed by atoms with E-state index in [0.29, 0.717) is 18.2 Å². The smallest absolute Gasteiger partial charge is 0.242 e.